The van der Waals surface area contributed by atoms with Crippen LogP contribution < -0.4 is 0 Å². The molecule has 0 bridgehead atoms. The Balaban J connectivity index is 1.94. The van der Waals surface area contributed by atoms with Gasteiger partial charge in [-0.2, -0.15) is 0 Å². The quantitative estimate of drug-likeness (QED) is 0.877. The highest BCUT2D eigenvalue weighted by Gasteiger charge is 2.25. The zero-order chi connectivity index (χ0) is 14.6. The molecule has 0 aromatic carbocycles. The van der Waals surface area contributed by atoms with Gasteiger partial charge in [0.2, 0.25) is 15.9 Å². The lowest BCUT2D eigenvalue weighted by Crippen LogP contribution is -2.38. The van der Waals surface area contributed by atoms with Crippen LogP contribution >= 0.6 is 0 Å². The number of nitrogens with zero attached hydrogens (tertiary/aromatic N) is 2. The number of nitrogens with one attached hydrogen (secondary N) is 1. The van der Waals surface area contributed by atoms with Crippen molar-refractivity contribution in [2.75, 3.05) is 31.9 Å². The first kappa shape index (κ1) is 15.1. The molecule has 1 aromatic heterocycles. The average Bonchev–Trinajstić information content (AvgIpc) is 2.79. The Bertz CT molecular complexity index is 539. The molecule has 1 saturated heterocycles. The molecule has 0 saturated carbocycles. The van der Waals surface area contributed by atoms with Crippen LogP contribution in [-0.4, -0.2) is 60.4 Å². The second kappa shape index (κ2) is 6.41. The third kappa shape index (κ3) is 3.61. The zero-order valence-corrected chi connectivity index (χ0v) is 12.5. The number of carbonyl (C=O) groups is 1. The van der Waals surface area contributed by atoms with E-state index in [1.807, 2.05) is 12.3 Å². The molecule has 2 rings (SSSR count). The Kier molecular flexibility index (Phi) is 4.82. The highest BCUT2D eigenvalue weighted by atomic mass is 32.2. The molecule has 1 fully saturated rings. The maximum absolute atomic E-state index is 12.2. The van der Waals surface area contributed by atoms with E-state index in [4.69, 9.17) is 0 Å². The first-order valence-electron chi connectivity index (χ1n) is 6.90. The Morgan fingerprint density at radius 3 is 2.75 bits per heavy atom. The van der Waals surface area contributed by atoms with Crippen molar-refractivity contribution in [2.24, 2.45) is 0 Å². The molecule has 0 aliphatic carbocycles. The average molecular weight is 299 g/mol. The van der Waals surface area contributed by atoms with Gasteiger partial charge in [0.05, 0.1) is 12.2 Å². The van der Waals surface area contributed by atoms with E-state index in [0.29, 0.717) is 39.0 Å². The van der Waals surface area contributed by atoms with E-state index in [1.165, 1.54) is 4.31 Å². The fraction of sp³-hybridized carbons (Fsp3) is 0.615. The number of aromatic amines is 1. The highest BCUT2D eigenvalue weighted by Crippen LogP contribution is 2.10. The molecule has 1 amide bonds. The second-order valence-electron chi connectivity index (χ2n) is 4.93. The van der Waals surface area contributed by atoms with Gasteiger partial charge in [0.15, 0.2) is 0 Å². The fourth-order valence-electron chi connectivity index (χ4n) is 2.36. The minimum Gasteiger partial charge on any atom is -0.367 e. The number of rotatable bonds is 4. The summed E-state index contributed by atoms with van der Waals surface area (Å²) in [4.78, 5) is 16.9. The van der Waals surface area contributed by atoms with Crippen molar-refractivity contribution < 1.29 is 13.2 Å². The second-order valence-corrected chi connectivity index (χ2v) is 7.19. The van der Waals surface area contributed by atoms with Crippen molar-refractivity contribution in [2.45, 2.75) is 19.8 Å². The lowest BCUT2D eigenvalue weighted by Gasteiger charge is -2.21. The molecule has 0 unspecified atom stereocenters. The van der Waals surface area contributed by atoms with Crippen molar-refractivity contribution in [3.8, 4) is 0 Å². The molecule has 6 nitrogen and oxygen atoms in total. The standard InChI is InChI=1S/C13H21N3O3S/c1-2-20(18,19)16-7-3-6-15(8-9-16)13(17)10-12-4-5-14-11-12/h4-5,11,14H,2-3,6-10H2,1H3. The van der Waals surface area contributed by atoms with Gasteiger partial charge in [-0.25, -0.2) is 12.7 Å². The lowest BCUT2D eigenvalue weighted by molar-refractivity contribution is -0.130. The van der Waals surface area contributed by atoms with Gasteiger partial charge in [0.25, 0.3) is 0 Å². The van der Waals surface area contributed by atoms with Crippen LogP contribution in [-0.2, 0) is 21.2 Å². The smallest absolute Gasteiger partial charge is 0.227 e. The van der Waals surface area contributed by atoms with Crippen LogP contribution in [0.3, 0.4) is 0 Å². The largest absolute Gasteiger partial charge is 0.367 e. The molecule has 0 atom stereocenters. The zero-order valence-electron chi connectivity index (χ0n) is 11.7. The van der Waals surface area contributed by atoms with Gasteiger partial charge in [-0.1, -0.05) is 0 Å². The van der Waals surface area contributed by atoms with Crippen LogP contribution in [0.5, 0.6) is 0 Å². The van der Waals surface area contributed by atoms with E-state index in [0.717, 1.165) is 5.56 Å². The van der Waals surface area contributed by atoms with Crippen LogP contribution in [0.4, 0.5) is 0 Å². The fourth-order valence-corrected chi connectivity index (χ4v) is 3.49. The summed E-state index contributed by atoms with van der Waals surface area (Å²) in [6.45, 7) is 3.65. The van der Waals surface area contributed by atoms with E-state index in [9.17, 15) is 13.2 Å². The molecular formula is C13H21N3O3S. The highest BCUT2D eigenvalue weighted by molar-refractivity contribution is 7.89. The molecule has 20 heavy (non-hydrogen) atoms. The number of aromatic nitrogens is 1. The van der Waals surface area contributed by atoms with Crippen LogP contribution in [0, 0.1) is 0 Å². The van der Waals surface area contributed by atoms with Crippen molar-refractivity contribution in [1.82, 2.24) is 14.2 Å². The number of carbonyl (C=O) groups excluding carboxylic acids is 1. The summed E-state index contributed by atoms with van der Waals surface area (Å²) in [6, 6.07) is 1.88. The molecule has 0 spiro atoms. The van der Waals surface area contributed by atoms with Crippen molar-refractivity contribution in [3.63, 3.8) is 0 Å². The minimum absolute atomic E-state index is 0.0559. The van der Waals surface area contributed by atoms with Crippen LogP contribution in [0.15, 0.2) is 18.5 Å². The van der Waals surface area contributed by atoms with Gasteiger partial charge in [-0.05, 0) is 25.0 Å². The Hall–Kier alpha value is -1.34. The van der Waals surface area contributed by atoms with E-state index in [1.54, 1.807) is 18.0 Å². The summed E-state index contributed by atoms with van der Waals surface area (Å²) in [5.74, 6) is 0.171. The van der Waals surface area contributed by atoms with Crippen LogP contribution in [0.1, 0.15) is 18.9 Å². The van der Waals surface area contributed by atoms with Crippen molar-refractivity contribution >= 4 is 15.9 Å². The first-order chi connectivity index (χ1) is 9.53. The van der Waals surface area contributed by atoms with Crippen molar-refractivity contribution in [3.05, 3.63) is 24.0 Å². The molecular weight excluding hydrogens is 278 g/mol. The maximum Gasteiger partial charge on any atom is 0.227 e. The summed E-state index contributed by atoms with van der Waals surface area (Å²) in [5, 5.41) is 0. The Morgan fingerprint density at radius 1 is 1.30 bits per heavy atom. The van der Waals surface area contributed by atoms with Gasteiger partial charge in [-0.3, -0.25) is 4.79 Å². The molecule has 2 heterocycles. The van der Waals surface area contributed by atoms with Gasteiger partial charge in [-0.15, -0.1) is 0 Å². The van der Waals surface area contributed by atoms with Gasteiger partial charge in [0.1, 0.15) is 0 Å². The van der Waals surface area contributed by atoms with Gasteiger partial charge >= 0.3 is 0 Å². The lowest BCUT2D eigenvalue weighted by atomic mass is 10.2. The number of hydrogen-bond donors (Lipinski definition) is 1. The van der Waals surface area contributed by atoms with Crippen molar-refractivity contribution in [1.29, 1.82) is 0 Å². The third-order valence-electron chi connectivity index (χ3n) is 3.58. The van der Waals surface area contributed by atoms with Crippen LogP contribution in [0.25, 0.3) is 0 Å². The number of H-pyrrole nitrogens is 1. The minimum atomic E-state index is -3.15. The predicted octanol–water partition coefficient (Wildman–Crippen LogP) is 0.441. The van der Waals surface area contributed by atoms with E-state index >= 15 is 0 Å². The van der Waals surface area contributed by atoms with E-state index in [2.05, 4.69) is 4.98 Å². The molecule has 1 aromatic rings. The maximum atomic E-state index is 12.2. The van der Waals surface area contributed by atoms with Crippen LogP contribution in [0.2, 0.25) is 0 Å². The van der Waals surface area contributed by atoms with Gasteiger partial charge < -0.3 is 9.88 Å². The SMILES string of the molecule is CCS(=O)(=O)N1CCCN(C(=O)Cc2cc[nH]c2)CC1. The summed E-state index contributed by atoms with van der Waals surface area (Å²) in [6.07, 6.45) is 4.66. The predicted molar refractivity (Wildman–Crippen MR) is 76.7 cm³/mol. The summed E-state index contributed by atoms with van der Waals surface area (Å²) >= 11 is 0. The number of amides is 1. The molecule has 7 heteroatoms. The molecule has 0 radical (unpaired) electrons. The number of sulfonamides is 1. The molecule has 1 aliphatic rings. The van der Waals surface area contributed by atoms with E-state index < -0.39 is 10.0 Å². The normalized spacial score (nSPS) is 17.9. The summed E-state index contributed by atoms with van der Waals surface area (Å²) in [5.41, 5.74) is 0.956. The third-order valence-corrected chi connectivity index (χ3v) is 5.47. The monoisotopic (exact) mass is 299 g/mol. The van der Waals surface area contributed by atoms with E-state index in [-0.39, 0.29) is 11.7 Å². The molecule has 1 aliphatic heterocycles. The van der Waals surface area contributed by atoms with Gasteiger partial charge in [0, 0.05) is 38.6 Å². The molecule has 1 N–H and O–H groups in total. The topological polar surface area (TPSA) is 73.5 Å². The Morgan fingerprint density at radius 2 is 2.10 bits per heavy atom. The summed E-state index contributed by atoms with van der Waals surface area (Å²) in [7, 11) is -3.15. The number of hydrogen-bond acceptors (Lipinski definition) is 3. The summed E-state index contributed by atoms with van der Waals surface area (Å²) < 4.78 is 25.2. The molecule has 112 valence electrons. The first-order valence-corrected chi connectivity index (χ1v) is 8.51. The Labute approximate surface area is 119 Å².